The Morgan fingerprint density at radius 1 is 0.929 bits per heavy atom. The first-order valence-electron chi connectivity index (χ1n) is 8.41. The van der Waals surface area contributed by atoms with Crippen LogP contribution in [0.1, 0.15) is 10.4 Å². The molecule has 0 aliphatic carbocycles. The van der Waals surface area contributed by atoms with E-state index >= 15 is 0 Å². The van der Waals surface area contributed by atoms with Crippen molar-refractivity contribution in [2.75, 3.05) is 29.9 Å². The number of amides is 3. The van der Waals surface area contributed by atoms with Gasteiger partial charge in [0.2, 0.25) is 11.8 Å². The first-order valence-corrected chi connectivity index (χ1v) is 10.4. The van der Waals surface area contributed by atoms with E-state index in [-0.39, 0.29) is 48.1 Å². The van der Waals surface area contributed by atoms with Gasteiger partial charge in [-0.05, 0) is 42.5 Å². The molecule has 3 amide bonds. The van der Waals surface area contributed by atoms with Gasteiger partial charge in [0.05, 0.1) is 11.5 Å². The predicted octanol–water partition coefficient (Wildman–Crippen LogP) is 2.37. The second-order valence-electron chi connectivity index (χ2n) is 5.70. The van der Waals surface area contributed by atoms with Crippen LogP contribution in [-0.2, 0) is 9.59 Å². The van der Waals surface area contributed by atoms with Gasteiger partial charge >= 0.3 is 0 Å². The summed E-state index contributed by atoms with van der Waals surface area (Å²) >= 11 is 4.54. The van der Waals surface area contributed by atoms with Gasteiger partial charge in [0, 0.05) is 28.8 Å². The Balaban J connectivity index is 1.56. The molecule has 4 N–H and O–H groups in total. The predicted molar refractivity (Wildman–Crippen MR) is 114 cm³/mol. The quantitative estimate of drug-likeness (QED) is 0.425. The van der Waals surface area contributed by atoms with E-state index in [0.717, 1.165) is 4.47 Å². The van der Waals surface area contributed by atoms with Crippen molar-refractivity contribution in [1.29, 1.82) is 0 Å². The lowest BCUT2D eigenvalue weighted by atomic mass is 10.2. The number of carbonyl (C=O) groups is 3. The standard InChI is InChI=1S/C19H20BrN3O4S/c20-14-2-1-3-15(10-14)23-18(26)12-28-11-17(25)21-8-9-22-19(27)13-4-6-16(24)7-5-13/h1-7,10,24H,8-9,11-12H2,(H,21,25)(H,22,27)(H,23,26). The van der Waals surface area contributed by atoms with Crippen LogP contribution in [0.25, 0.3) is 0 Å². The zero-order valence-electron chi connectivity index (χ0n) is 14.9. The largest absolute Gasteiger partial charge is 0.508 e. The summed E-state index contributed by atoms with van der Waals surface area (Å²) in [6.07, 6.45) is 0. The number of thioether (sulfide) groups is 1. The van der Waals surface area contributed by atoms with Crippen LogP contribution < -0.4 is 16.0 Å². The molecule has 0 aromatic heterocycles. The fourth-order valence-corrected chi connectivity index (χ4v) is 3.19. The third-order valence-electron chi connectivity index (χ3n) is 3.44. The lowest BCUT2D eigenvalue weighted by molar-refractivity contribution is -0.118. The Labute approximate surface area is 175 Å². The smallest absolute Gasteiger partial charge is 0.251 e. The summed E-state index contributed by atoms with van der Waals surface area (Å²) in [5, 5.41) is 17.3. The second-order valence-corrected chi connectivity index (χ2v) is 7.61. The molecule has 2 rings (SSSR count). The van der Waals surface area contributed by atoms with Crippen molar-refractivity contribution < 1.29 is 19.5 Å². The molecule has 0 spiro atoms. The number of aromatic hydroxyl groups is 1. The minimum absolute atomic E-state index is 0.0895. The first-order chi connectivity index (χ1) is 13.4. The van der Waals surface area contributed by atoms with Crippen LogP contribution in [0.5, 0.6) is 5.75 Å². The molecule has 0 bridgehead atoms. The molecule has 9 heteroatoms. The molecule has 0 radical (unpaired) electrons. The van der Waals surface area contributed by atoms with Crippen molar-refractivity contribution in [3.63, 3.8) is 0 Å². The molecular formula is C19H20BrN3O4S. The van der Waals surface area contributed by atoms with Crippen LogP contribution in [0.15, 0.2) is 53.0 Å². The Morgan fingerprint density at radius 2 is 1.61 bits per heavy atom. The van der Waals surface area contributed by atoms with Crippen molar-refractivity contribution in [2.24, 2.45) is 0 Å². The van der Waals surface area contributed by atoms with Crippen LogP contribution in [0.4, 0.5) is 5.69 Å². The minimum atomic E-state index is -0.284. The third-order valence-corrected chi connectivity index (χ3v) is 4.86. The molecule has 28 heavy (non-hydrogen) atoms. The maximum Gasteiger partial charge on any atom is 0.251 e. The molecule has 148 valence electrons. The van der Waals surface area contributed by atoms with Gasteiger partial charge in [-0.1, -0.05) is 22.0 Å². The number of phenols is 1. The lowest BCUT2D eigenvalue weighted by Crippen LogP contribution is -2.35. The highest BCUT2D eigenvalue weighted by Gasteiger charge is 2.07. The van der Waals surface area contributed by atoms with E-state index in [1.165, 1.54) is 36.0 Å². The summed E-state index contributed by atoms with van der Waals surface area (Å²) < 4.78 is 0.870. The number of hydrogen-bond acceptors (Lipinski definition) is 5. The van der Waals surface area contributed by atoms with Gasteiger partial charge in [-0.2, -0.15) is 0 Å². The molecule has 7 nitrogen and oxygen atoms in total. The van der Waals surface area contributed by atoms with Gasteiger partial charge in [0.25, 0.3) is 5.91 Å². The highest BCUT2D eigenvalue weighted by atomic mass is 79.9. The third kappa shape index (κ3) is 8.01. The molecule has 0 saturated heterocycles. The van der Waals surface area contributed by atoms with Gasteiger partial charge < -0.3 is 21.1 Å². The fourth-order valence-electron chi connectivity index (χ4n) is 2.14. The van der Waals surface area contributed by atoms with Crippen molar-refractivity contribution in [3.8, 4) is 5.75 Å². The van der Waals surface area contributed by atoms with E-state index in [1.807, 2.05) is 12.1 Å². The van der Waals surface area contributed by atoms with Crippen molar-refractivity contribution in [2.45, 2.75) is 0 Å². The zero-order chi connectivity index (χ0) is 20.4. The molecule has 0 unspecified atom stereocenters. The number of nitrogens with one attached hydrogen (secondary N) is 3. The van der Waals surface area contributed by atoms with E-state index in [0.29, 0.717) is 11.3 Å². The maximum atomic E-state index is 11.9. The molecule has 0 saturated carbocycles. The van der Waals surface area contributed by atoms with Crippen LogP contribution in [-0.4, -0.2) is 47.4 Å². The number of hydrogen-bond donors (Lipinski definition) is 4. The molecule has 2 aromatic rings. The molecule has 0 aliphatic heterocycles. The summed E-state index contributed by atoms with van der Waals surface area (Å²) in [5.41, 5.74) is 1.12. The van der Waals surface area contributed by atoms with Crippen molar-refractivity contribution in [3.05, 3.63) is 58.6 Å². The van der Waals surface area contributed by atoms with Gasteiger partial charge in [0.1, 0.15) is 5.75 Å². The van der Waals surface area contributed by atoms with E-state index in [9.17, 15) is 19.5 Å². The van der Waals surface area contributed by atoms with E-state index < -0.39 is 0 Å². The summed E-state index contributed by atoms with van der Waals surface area (Å²) in [6, 6.07) is 13.1. The zero-order valence-corrected chi connectivity index (χ0v) is 17.3. The maximum absolute atomic E-state index is 11.9. The number of halogens is 1. The second kappa shape index (κ2) is 11.4. The number of carbonyl (C=O) groups excluding carboxylic acids is 3. The Bertz CT molecular complexity index is 830. The molecule has 0 atom stereocenters. The van der Waals surface area contributed by atoms with Gasteiger partial charge in [-0.25, -0.2) is 0 Å². The molecule has 0 fully saturated rings. The summed E-state index contributed by atoms with van der Waals surface area (Å²) in [4.78, 5) is 35.5. The number of benzene rings is 2. The highest BCUT2D eigenvalue weighted by molar-refractivity contribution is 9.10. The minimum Gasteiger partial charge on any atom is -0.508 e. The first kappa shape index (κ1) is 21.8. The van der Waals surface area contributed by atoms with E-state index in [1.54, 1.807) is 12.1 Å². The Morgan fingerprint density at radius 3 is 2.32 bits per heavy atom. The average Bonchev–Trinajstić information content (AvgIpc) is 2.65. The fraction of sp³-hybridized carbons (Fsp3) is 0.211. The van der Waals surface area contributed by atoms with Crippen LogP contribution in [0.2, 0.25) is 0 Å². The summed E-state index contributed by atoms with van der Waals surface area (Å²) in [7, 11) is 0. The van der Waals surface area contributed by atoms with Gasteiger partial charge in [0.15, 0.2) is 0 Å². The normalized spacial score (nSPS) is 10.2. The Kier molecular flexibility index (Phi) is 8.83. The van der Waals surface area contributed by atoms with Crippen molar-refractivity contribution in [1.82, 2.24) is 10.6 Å². The van der Waals surface area contributed by atoms with Crippen LogP contribution in [0.3, 0.4) is 0 Å². The summed E-state index contributed by atoms with van der Waals surface area (Å²) in [6.45, 7) is 0.562. The molecular weight excluding hydrogens is 446 g/mol. The number of rotatable bonds is 9. The molecule has 0 aliphatic rings. The topological polar surface area (TPSA) is 108 Å². The van der Waals surface area contributed by atoms with Crippen LogP contribution in [0, 0.1) is 0 Å². The molecule has 2 aromatic carbocycles. The monoisotopic (exact) mass is 465 g/mol. The summed E-state index contributed by atoms with van der Waals surface area (Å²) in [5.74, 6) is -0.273. The van der Waals surface area contributed by atoms with Gasteiger partial charge in [-0.3, -0.25) is 14.4 Å². The number of phenolic OH excluding ortho intramolecular Hbond substituents is 1. The Hall–Kier alpha value is -2.52. The van der Waals surface area contributed by atoms with E-state index in [2.05, 4.69) is 31.9 Å². The average molecular weight is 466 g/mol. The highest BCUT2D eigenvalue weighted by Crippen LogP contribution is 2.16. The van der Waals surface area contributed by atoms with Crippen LogP contribution >= 0.6 is 27.7 Å². The number of anilines is 1. The van der Waals surface area contributed by atoms with Gasteiger partial charge in [-0.15, -0.1) is 11.8 Å². The SMILES string of the molecule is O=C(CSCC(=O)Nc1cccc(Br)c1)NCCNC(=O)c1ccc(O)cc1. The lowest BCUT2D eigenvalue weighted by Gasteiger charge is -2.08. The van der Waals surface area contributed by atoms with Crippen molar-refractivity contribution >= 4 is 51.1 Å². The van der Waals surface area contributed by atoms with E-state index in [4.69, 9.17) is 0 Å². The molecule has 0 heterocycles.